The van der Waals surface area contributed by atoms with Crippen molar-refractivity contribution in [2.24, 2.45) is 5.41 Å². The van der Waals surface area contributed by atoms with Gasteiger partial charge in [-0.1, -0.05) is 37.6 Å². The Morgan fingerprint density at radius 1 is 1.17 bits per heavy atom. The van der Waals surface area contributed by atoms with Crippen molar-refractivity contribution in [3.05, 3.63) is 52.4 Å². The molecule has 2 heterocycles. The van der Waals surface area contributed by atoms with Crippen molar-refractivity contribution in [2.75, 3.05) is 0 Å². The van der Waals surface area contributed by atoms with E-state index in [0.717, 1.165) is 40.1 Å². The van der Waals surface area contributed by atoms with Crippen LogP contribution in [0.2, 0.25) is 5.02 Å². The largest absolute Gasteiger partial charge is 0.294 e. The molecular weight excluding hydrogens is 322 g/mol. The monoisotopic (exact) mass is 339 g/mol. The van der Waals surface area contributed by atoms with E-state index in [1.165, 1.54) is 0 Å². The van der Waals surface area contributed by atoms with Crippen LogP contribution in [-0.2, 0) is 6.42 Å². The lowest BCUT2D eigenvalue weighted by Gasteiger charge is -2.30. The third kappa shape index (κ3) is 2.33. The summed E-state index contributed by atoms with van der Waals surface area (Å²) in [7, 11) is 0. The maximum absolute atomic E-state index is 12.6. The second-order valence-corrected chi connectivity index (χ2v) is 7.70. The smallest absolute Gasteiger partial charge is 0.167 e. The van der Waals surface area contributed by atoms with E-state index in [0.29, 0.717) is 11.4 Å². The van der Waals surface area contributed by atoms with Gasteiger partial charge in [0.15, 0.2) is 11.4 Å². The first kappa shape index (κ1) is 15.3. The molecule has 0 fully saturated rings. The minimum Gasteiger partial charge on any atom is -0.294 e. The van der Waals surface area contributed by atoms with E-state index in [1.807, 2.05) is 41.9 Å². The Balaban J connectivity index is 1.98. The predicted molar refractivity (Wildman–Crippen MR) is 94.6 cm³/mol. The van der Waals surface area contributed by atoms with Crippen LogP contribution in [0.25, 0.3) is 16.8 Å². The highest BCUT2D eigenvalue weighted by Gasteiger charge is 2.34. The molecular formula is C19H18ClN3O. The lowest BCUT2D eigenvalue weighted by atomic mass is 9.75. The van der Waals surface area contributed by atoms with Crippen molar-refractivity contribution in [3.8, 4) is 11.1 Å². The third-order valence-corrected chi connectivity index (χ3v) is 4.89. The highest BCUT2D eigenvalue weighted by molar-refractivity contribution is 6.30. The second-order valence-electron chi connectivity index (χ2n) is 7.26. The Labute approximate surface area is 145 Å². The maximum atomic E-state index is 12.6. The van der Waals surface area contributed by atoms with Gasteiger partial charge in [0.2, 0.25) is 0 Å². The van der Waals surface area contributed by atoms with Crippen LogP contribution in [-0.4, -0.2) is 20.4 Å². The van der Waals surface area contributed by atoms with Gasteiger partial charge in [-0.25, -0.2) is 9.50 Å². The summed E-state index contributed by atoms with van der Waals surface area (Å²) >= 11 is 5.98. The van der Waals surface area contributed by atoms with E-state index in [-0.39, 0.29) is 11.2 Å². The third-order valence-electron chi connectivity index (χ3n) is 4.64. The van der Waals surface area contributed by atoms with Gasteiger partial charge in [-0.15, -0.1) is 0 Å². The summed E-state index contributed by atoms with van der Waals surface area (Å²) in [5, 5.41) is 5.24. The average molecular weight is 340 g/mol. The number of Topliss-reactive ketones (excluding diaryl/α,β-unsaturated/α-hetero) is 1. The van der Waals surface area contributed by atoms with Crippen LogP contribution in [0.4, 0.5) is 0 Å². The zero-order valence-electron chi connectivity index (χ0n) is 13.9. The number of rotatable bonds is 1. The highest BCUT2D eigenvalue weighted by Crippen LogP contribution is 2.37. The molecule has 0 unspecified atom stereocenters. The zero-order valence-corrected chi connectivity index (χ0v) is 14.7. The van der Waals surface area contributed by atoms with Gasteiger partial charge >= 0.3 is 0 Å². The second kappa shape index (κ2) is 5.15. The number of ketones is 1. The van der Waals surface area contributed by atoms with Gasteiger partial charge < -0.3 is 0 Å². The number of hydrogen-bond donors (Lipinski definition) is 0. The number of fused-ring (bicyclic) bond motifs is 3. The maximum Gasteiger partial charge on any atom is 0.167 e. The average Bonchev–Trinajstić information content (AvgIpc) is 2.90. The van der Waals surface area contributed by atoms with Crippen molar-refractivity contribution in [1.29, 1.82) is 0 Å². The molecule has 0 spiro atoms. The van der Waals surface area contributed by atoms with E-state index in [1.54, 1.807) is 0 Å². The Bertz CT molecular complexity index is 970. The van der Waals surface area contributed by atoms with Crippen LogP contribution >= 0.6 is 11.6 Å². The summed E-state index contributed by atoms with van der Waals surface area (Å²) in [6.07, 6.45) is 3.19. The van der Waals surface area contributed by atoms with Crippen LogP contribution < -0.4 is 0 Å². The van der Waals surface area contributed by atoms with Crippen molar-refractivity contribution < 1.29 is 4.79 Å². The molecule has 1 aromatic carbocycles. The minimum atomic E-state index is -0.0583. The van der Waals surface area contributed by atoms with Crippen LogP contribution in [0, 0.1) is 12.3 Å². The summed E-state index contributed by atoms with van der Waals surface area (Å²) in [4.78, 5) is 17.3. The molecule has 4 rings (SSSR count). The summed E-state index contributed by atoms with van der Waals surface area (Å²) < 4.78 is 1.84. The number of nitrogens with zero attached hydrogens (tertiary/aromatic N) is 3. The molecule has 3 aromatic rings. The minimum absolute atomic E-state index is 0.0583. The number of carbonyl (C=O) groups excluding carboxylic acids is 1. The van der Waals surface area contributed by atoms with Crippen LogP contribution in [0.15, 0.2) is 30.5 Å². The van der Waals surface area contributed by atoms with Gasteiger partial charge in [-0.2, -0.15) is 5.10 Å². The first-order valence-electron chi connectivity index (χ1n) is 8.02. The first-order valence-corrected chi connectivity index (χ1v) is 8.40. The molecule has 0 saturated heterocycles. The first-order chi connectivity index (χ1) is 11.4. The summed E-state index contributed by atoms with van der Waals surface area (Å²) in [6.45, 7) is 6.16. The van der Waals surface area contributed by atoms with Crippen molar-refractivity contribution in [1.82, 2.24) is 14.6 Å². The molecule has 24 heavy (non-hydrogen) atoms. The number of benzene rings is 1. The predicted octanol–water partition coefficient (Wildman–Crippen LogP) is 4.51. The molecule has 1 aliphatic carbocycles. The Morgan fingerprint density at radius 2 is 1.88 bits per heavy atom. The lowest BCUT2D eigenvalue weighted by molar-refractivity contribution is 0.0907. The Kier molecular flexibility index (Phi) is 3.29. The summed E-state index contributed by atoms with van der Waals surface area (Å²) in [5.74, 6) is 0.164. The molecule has 0 amide bonds. The normalized spacial score (nSPS) is 16.4. The SMILES string of the molecule is Cc1nc2c(-c3ccc(Cl)cc3)cnn2c2c1C(=O)CC(C)(C)C2. The summed E-state index contributed by atoms with van der Waals surface area (Å²) in [6, 6.07) is 7.65. The molecule has 0 bridgehead atoms. The van der Waals surface area contributed by atoms with E-state index >= 15 is 0 Å². The fraction of sp³-hybridized carbons (Fsp3) is 0.316. The van der Waals surface area contributed by atoms with Gasteiger partial charge in [-0.05, 0) is 36.5 Å². The number of aromatic nitrogens is 3. The lowest BCUT2D eigenvalue weighted by Crippen LogP contribution is -2.30. The number of halogens is 1. The number of aryl methyl sites for hydroxylation is 1. The topological polar surface area (TPSA) is 47.3 Å². The fourth-order valence-corrected chi connectivity index (χ4v) is 3.70. The molecule has 5 heteroatoms. The molecule has 0 saturated carbocycles. The van der Waals surface area contributed by atoms with Crippen molar-refractivity contribution in [3.63, 3.8) is 0 Å². The van der Waals surface area contributed by atoms with E-state index in [9.17, 15) is 4.79 Å². The molecule has 4 nitrogen and oxygen atoms in total. The molecule has 0 radical (unpaired) electrons. The highest BCUT2D eigenvalue weighted by atomic mass is 35.5. The van der Waals surface area contributed by atoms with Crippen LogP contribution in [0.1, 0.15) is 42.0 Å². The van der Waals surface area contributed by atoms with Crippen molar-refractivity contribution in [2.45, 2.75) is 33.6 Å². The van der Waals surface area contributed by atoms with Gasteiger partial charge in [0.1, 0.15) is 0 Å². The molecule has 0 N–H and O–H groups in total. The van der Waals surface area contributed by atoms with E-state index < -0.39 is 0 Å². The quantitative estimate of drug-likeness (QED) is 0.655. The zero-order chi connectivity index (χ0) is 17.1. The Hall–Kier alpha value is -2.20. The standard InChI is InChI=1S/C19H18ClN3O/c1-11-17-15(8-19(2,3)9-16(17)24)23-18(22-11)14(10-21-23)12-4-6-13(20)7-5-12/h4-7,10H,8-9H2,1-3H3. The van der Waals surface area contributed by atoms with Gasteiger partial charge in [0.25, 0.3) is 0 Å². The van der Waals surface area contributed by atoms with E-state index in [2.05, 4.69) is 18.9 Å². The van der Waals surface area contributed by atoms with Crippen LogP contribution in [0.3, 0.4) is 0 Å². The van der Waals surface area contributed by atoms with Gasteiger partial charge in [0.05, 0.1) is 23.1 Å². The molecule has 0 atom stereocenters. The number of hydrogen-bond acceptors (Lipinski definition) is 3. The van der Waals surface area contributed by atoms with Crippen molar-refractivity contribution >= 4 is 23.0 Å². The van der Waals surface area contributed by atoms with Crippen LogP contribution in [0.5, 0.6) is 0 Å². The van der Waals surface area contributed by atoms with Gasteiger partial charge in [-0.3, -0.25) is 4.79 Å². The summed E-state index contributed by atoms with van der Waals surface area (Å²) in [5.41, 5.74) is 5.20. The number of carbonyl (C=O) groups is 1. The molecule has 0 aliphatic heterocycles. The van der Waals surface area contributed by atoms with E-state index in [4.69, 9.17) is 16.6 Å². The van der Waals surface area contributed by atoms with Gasteiger partial charge in [0, 0.05) is 17.0 Å². The fourth-order valence-electron chi connectivity index (χ4n) is 3.57. The molecule has 2 aromatic heterocycles. The molecule has 122 valence electrons. The molecule has 1 aliphatic rings. The Morgan fingerprint density at radius 3 is 2.58 bits per heavy atom.